The van der Waals surface area contributed by atoms with Gasteiger partial charge < -0.3 is 14.8 Å². The molecule has 4 aromatic rings. The van der Waals surface area contributed by atoms with Crippen molar-refractivity contribution in [3.63, 3.8) is 0 Å². The van der Waals surface area contributed by atoms with E-state index in [1.54, 1.807) is 18.2 Å². The van der Waals surface area contributed by atoms with Crippen molar-refractivity contribution in [2.45, 2.75) is 11.8 Å². The number of nitrogens with one attached hydrogen (secondary N) is 2. The maximum atomic E-state index is 12.8. The molecule has 0 aliphatic heterocycles. The third kappa shape index (κ3) is 5.24. The molecule has 2 N–H and O–H groups in total. The van der Waals surface area contributed by atoms with Crippen LogP contribution in [0.1, 0.15) is 6.92 Å². The minimum Gasteiger partial charge on any atom is -0.494 e. The van der Waals surface area contributed by atoms with Crippen molar-refractivity contribution in [3.05, 3.63) is 84.9 Å². The summed E-state index contributed by atoms with van der Waals surface area (Å²) >= 11 is 0. The first-order chi connectivity index (χ1) is 15.8. The van der Waals surface area contributed by atoms with E-state index < -0.39 is 10.0 Å². The lowest BCUT2D eigenvalue weighted by Gasteiger charge is -2.14. The third-order valence-corrected chi connectivity index (χ3v) is 6.24. The van der Waals surface area contributed by atoms with Crippen molar-refractivity contribution in [1.82, 2.24) is 0 Å². The fourth-order valence-electron chi connectivity index (χ4n) is 3.31. The molecule has 33 heavy (non-hydrogen) atoms. The second-order valence-corrected chi connectivity index (χ2v) is 8.97. The lowest BCUT2D eigenvalue weighted by molar-refractivity contribution is -0.114. The number of carbonyl (C=O) groups is 1. The molecule has 0 aliphatic rings. The van der Waals surface area contributed by atoms with E-state index in [9.17, 15) is 13.2 Å². The second-order valence-electron chi connectivity index (χ2n) is 7.28. The second kappa shape index (κ2) is 9.22. The number of sulfonamides is 1. The molecule has 0 spiro atoms. The van der Waals surface area contributed by atoms with Gasteiger partial charge in [-0.05, 0) is 59.3 Å². The number of hydrogen-bond acceptors (Lipinski definition) is 5. The third-order valence-electron chi connectivity index (χ3n) is 4.86. The SMILES string of the molecule is COc1cc(Oc2ccc3ccccc3c2)ccc1NS(=O)(=O)c1ccc(NC(C)=O)cc1. The highest BCUT2D eigenvalue weighted by molar-refractivity contribution is 7.92. The molecule has 0 heterocycles. The van der Waals surface area contributed by atoms with Crippen LogP contribution in [0, 0.1) is 0 Å². The first-order valence-corrected chi connectivity index (χ1v) is 11.6. The minimum atomic E-state index is -3.87. The van der Waals surface area contributed by atoms with E-state index in [2.05, 4.69) is 10.0 Å². The molecule has 8 heteroatoms. The number of carbonyl (C=O) groups excluding carboxylic acids is 1. The minimum absolute atomic E-state index is 0.0511. The van der Waals surface area contributed by atoms with Gasteiger partial charge in [0.25, 0.3) is 10.0 Å². The van der Waals surface area contributed by atoms with Crippen LogP contribution in [-0.2, 0) is 14.8 Å². The summed E-state index contributed by atoms with van der Waals surface area (Å²) < 4.78 is 39.5. The molecule has 0 unspecified atom stereocenters. The van der Waals surface area contributed by atoms with Crippen LogP contribution in [0.25, 0.3) is 10.8 Å². The van der Waals surface area contributed by atoms with Crippen molar-refractivity contribution in [1.29, 1.82) is 0 Å². The van der Waals surface area contributed by atoms with Gasteiger partial charge in [-0.3, -0.25) is 9.52 Å². The molecule has 4 aromatic carbocycles. The standard InChI is InChI=1S/C25H22N2O5S/c1-17(28)26-20-8-12-23(13-9-20)33(29,30)27-24-14-11-22(16-25(24)31-2)32-21-10-7-18-5-3-4-6-19(18)15-21/h3-16,27H,1-2H3,(H,26,28). The van der Waals surface area contributed by atoms with E-state index >= 15 is 0 Å². The number of anilines is 2. The van der Waals surface area contributed by atoms with Gasteiger partial charge in [0.05, 0.1) is 17.7 Å². The van der Waals surface area contributed by atoms with Crippen LogP contribution in [-0.4, -0.2) is 21.4 Å². The molecule has 0 atom stereocenters. The zero-order chi connectivity index (χ0) is 23.4. The van der Waals surface area contributed by atoms with Gasteiger partial charge in [0.1, 0.15) is 17.2 Å². The molecule has 0 aliphatic carbocycles. The Morgan fingerprint density at radius 3 is 2.18 bits per heavy atom. The van der Waals surface area contributed by atoms with E-state index in [1.807, 2.05) is 42.5 Å². The van der Waals surface area contributed by atoms with E-state index in [1.165, 1.54) is 38.3 Å². The van der Waals surface area contributed by atoms with E-state index in [0.717, 1.165) is 10.8 Å². The highest BCUT2D eigenvalue weighted by atomic mass is 32.2. The lowest BCUT2D eigenvalue weighted by atomic mass is 10.1. The summed E-state index contributed by atoms with van der Waals surface area (Å²) in [5, 5.41) is 4.76. The molecule has 0 aromatic heterocycles. The van der Waals surface area contributed by atoms with Gasteiger partial charge in [-0.25, -0.2) is 8.42 Å². The number of hydrogen-bond donors (Lipinski definition) is 2. The summed E-state index contributed by atoms with van der Waals surface area (Å²) in [4.78, 5) is 11.2. The molecule has 168 valence electrons. The Kier molecular flexibility index (Phi) is 6.19. The molecule has 0 radical (unpaired) electrons. The normalized spacial score (nSPS) is 11.1. The Balaban J connectivity index is 1.54. The average molecular weight is 463 g/mol. The number of ether oxygens (including phenoxy) is 2. The predicted molar refractivity (Wildman–Crippen MR) is 129 cm³/mol. The molecule has 4 rings (SSSR count). The molecule has 0 bridgehead atoms. The quantitative estimate of drug-likeness (QED) is 0.384. The maximum absolute atomic E-state index is 12.8. The van der Waals surface area contributed by atoms with Crippen molar-refractivity contribution < 1.29 is 22.7 Å². The van der Waals surface area contributed by atoms with E-state index in [4.69, 9.17) is 9.47 Å². The van der Waals surface area contributed by atoms with Crippen LogP contribution in [0.3, 0.4) is 0 Å². The molecule has 1 amide bonds. The largest absolute Gasteiger partial charge is 0.494 e. The zero-order valence-electron chi connectivity index (χ0n) is 18.0. The van der Waals surface area contributed by atoms with Gasteiger partial charge in [-0.15, -0.1) is 0 Å². The summed E-state index contributed by atoms with van der Waals surface area (Å²) in [6.45, 7) is 1.38. The van der Waals surface area contributed by atoms with Crippen LogP contribution < -0.4 is 19.5 Å². The van der Waals surface area contributed by atoms with Gasteiger partial charge in [0.2, 0.25) is 5.91 Å². The first-order valence-electron chi connectivity index (χ1n) is 10.1. The van der Waals surface area contributed by atoms with Gasteiger partial charge in [-0.2, -0.15) is 0 Å². The van der Waals surface area contributed by atoms with Gasteiger partial charge in [-0.1, -0.05) is 30.3 Å². The number of amides is 1. The molecule has 0 saturated heterocycles. The Hall–Kier alpha value is -4.04. The topological polar surface area (TPSA) is 93.7 Å². The zero-order valence-corrected chi connectivity index (χ0v) is 18.8. The van der Waals surface area contributed by atoms with Crippen molar-refractivity contribution in [2.24, 2.45) is 0 Å². The van der Waals surface area contributed by atoms with E-state index in [0.29, 0.717) is 22.9 Å². The van der Waals surface area contributed by atoms with Crippen molar-refractivity contribution in [3.8, 4) is 17.2 Å². The predicted octanol–water partition coefficient (Wildman–Crippen LogP) is 5.40. The highest BCUT2D eigenvalue weighted by Crippen LogP contribution is 2.34. The Bertz CT molecular complexity index is 1420. The summed E-state index contributed by atoms with van der Waals surface area (Å²) in [5.41, 5.74) is 0.781. The maximum Gasteiger partial charge on any atom is 0.262 e. The van der Waals surface area contributed by atoms with E-state index in [-0.39, 0.29) is 16.5 Å². The molecule has 0 fully saturated rings. The van der Waals surface area contributed by atoms with Gasteiger partial charge in [0.15, 0.2) is 0 Å². The summed E-state index contributed by atoms with van der Waals surface area (Å²) in [7, 11) is -2.42. The number of benzene rings is 4. The Labute approximate surface area is 192 Å². The fourth-order valence-corrected chi connectivity index (χ4v) is 4.38. The van der Waals surface area contributed by atoms with Gasteiger partial charge >= 0.3 is 0 Å². The number of methoxy groups -OCH3 is 1. The lowest BCUT2D eigenvalue weighted by Crippen LogP contribution is -2.14. The fraction of sp³-hybridized carbons (Fsp3) is 0.0800. The van der Waals surface area contributed by atoms with Crippen LogP contribution >= 0.6 is 0 Å². The molecule has 7 nitrogen and oxygen atoms in total. The Morgan fingerprint density at radius 2 is 1.48 bits per heavy atom. The van der Waals surface area contributed by atoms with Crippen LogP contribution in [0.2, 0.25) is 0 Å². The summed E-state index contributed by atoms with van der Waals surface area (Å²) in [5.74, 6) is 1.24. The Morgan fingerprint density at radius 1 is 0.818 bits per heavy atom. The highest BCUT2D eigenvalue weighted by Gasteiger charge is 2.17. The number of rotatable bonds is 7. The smallest absolute Gasteiger partial charge is 0.262 e. The monoisotopic (exact) mass is 462 g/mol. The van der Waals surface area contributed by atoms with Crippen molar-refractivity contribution >= 4 is 38.1 Å². The van der Waals surface area contributed by atoms with Gasteiger partial charge in [0, 0.05) is 18.7 Å². The number of fused-ring (bicyclic) bond motifs is 1. The van der Waals surface area contributed by atoms with Crippen LogP contribution in [0.5, 0.6) is 17.2 Å². The van der Waals surface area contributed by atoms with Crippen LogP contribution in [0.15, 0.2) is 89.8 Å². The first kappa shape index (κ1) is 22.2. The van der Waals surface area contributed by atoms with Crippen molar-refractivity contribution in [2.75, 3.05) is 17.1 Å². The molecular weight excluding hydrogens is 440 g/mol. The summed E-state index contributed by atoms with van der Waals surface area (Å²) in [6.07, 6.45) is 0. The molecular formula is C25H22N2O5S. The summed E-state index contributed by atoms with van der Waals surface area (Å²) in [6, 6.07) is 24.5. The average Bonchev–Trinajstić information content (AvgIpc) is 2.80. The van der Waals surface area contributed by atoms with Crippen LogP contribution in [0.4, 0.5) is 11.4 Å². The molecule has 0 saturated carbocycles.